The number of hydrogen-bond acceptors (Lipinski definition) is 0. The summed E-state index contributed by atoms with van der Waals surface area (Å²) in [4.78, 5) is 0. The number of rotatable bonds is 2. The summed E-state index contributed by atoms with van der Waals surface area (Å²) in [6, 6.07) is 11.9. The second kappa shape index (κ2) is 4.75. The van der Waals surface area contributed by atoms with Crippen LogP contribution in [-0.4, -0.2) is 0 Å². The van der Waals surface area contributed by atoms with Gasteiger partial charge in [-0.3, -0.25) is 0 Å². The highest BCUT2D eigenvalue weighted by atomic mass is 14.1. The van der Waals surface area contributed by atoms with Crippen molar-refractivity contribution in [3.05, 3.63) is 59.2 Å². The van der Waals surface area contributed by atoms with Crippen molar-refractivity contribution in [3.63, 3.8) is 0 Å². The van der Waals surface area contributed by atoms with Crippen LogP contribution in [0.15, 0.2) is 42.5 Å². The van der Waals surface area contributed by atoms with Crippen LogP contribution < -0.4 is 0 Å². The first-order valence-corrected chi connectivity index (χ1v) is 5.76. The molecule has 0 nitrogen and oxygen atoms in total. The van der Waals surface area contributed by atoms with E-state index in [0.29, 0.717) is 11.1 Å². The highest BCUT2D eigenvalue weighted by Crippen LogP contribution is 2.29. The zero-order valence-electron chi connectivity index (χ0n) is 16.1. The molecular formula is C17H20. The molecule has 0 spiro atoms. The summed E-state index contributed by atoms with van der Waals surface area (Å²) in [5, 5.41) is 0. The predicted octanol–water partition coefficient (Wildman–Crippen LogP) is 5.09. The minimum Gasteiger partial charge on any atom is -0.0617 e. The molecule has 0 heteroatoms. The van der Waals surface area contributed by atoms with E-state index in [2.05, 4.69) is 0 Å². The van der Waals surface area contributed by atoms with E-state index < -0.39 is 13.7 Å². The first-order valence-electron chi connectivity index (χ1n) is 8.76. The molecule has 0 saturated heterocycles. The van der Waals surface area contributed by atoms with Crippen molar-refractivity contribution in [2.24, 2.45) is 0 Å². The summed E-state index contributed by atoms with van der Waals surface area (Å²) in [6.07, 6.45) is 0. The predicted molar refractivity (Wildman–Crippen MR) is 75.4 cm³/mol. The van der Waals surface area contributed by atoms with Gasteiger partial charge in [-0.1, -0.05) is 56.3 Å². The Hall–Kier alpha value is -1.56. The Morgan fingerprint density at radius 3 is 2.18 bits per heavy atom. The maximum Gasteiger partial charge on any atom is 0.0280 e. The van der Waals surface area contributed by atoms with Crippen molar-refractivity contribution < 1.29 is 8.22 Å². The van der Waals surface area contributed by atoms with Crippen LogP contribution in [0.5, 0.6) is 0 Å². The molecule has 2 aromatic carbocycles. The van der Waals surface area contributed by atoms with Crippen LogP contribution in [0.1, 0.15) is 44.7 Å². The molecule has 0 amide bonds. The lowest BCUT2D eigenvalue weighted by molar-refractivity contribution is 0.867. The molecule has 0 bridgehead atoms. The number of hydrogen-bond donors (Lipinski definition) is 0. The normalized spacial score (nSPS) is 17.6. The van der Waals surface area contributed by atoms with Gasteiger partial charge in [-0.15, -0.1) is 0 Å². The third-order valence-electron chi connectivity index (χ3n) is 2.91. The van der Waals surface area contributed by atoms with Gasteiger partial charge in [-0.2, -0.15) is 0 Å². The Bertz CT molecular complexity index is 663. The number of benzene rings is 2. The van der Waals surface area contributed by atoms with Crippen molar-refractivity contribution in [2.75, 3.05) is 0 Å². The van der Waals surface area contributed by atoms with Crippen molar-refractivity contribution in [2.45, 2.75) is 33.5 Å². The first-order chi connectivity index (χ1) is 10.5. The minimum atomic E-state index is -2.37. The third kappa shape index (κ3) is 2.41. The Morgan fingerprint density at radius 2 is 1.59 bits per heavy atom. The van der Waals surface area contributed by atoms with Gasteiger partial charge in [0.05, 0.1) is 0 Å². The number of aryl methyl sites for hydroxylation is 2. The fourth-order valence-electron chi connectivity index (χ4n) is 1.92. The van der Waals surface area contributed by atoms with Crippen LogP contribution in [0.3, 0.4) is 0 Å². The molecule has 0 aliphatic rings. The third-order valence-corrected chi connectivity index (χ3v) is 2.91. The monoisotopic (exact) mass is 230 g/mol. The lowest BCUT2D eigenvalue weighted by atomic mass is 9.92. The van der Waals surface area contributed by atoms with Gasteiger partial charge in [-0.05, 0) is 47.4 Å². The van der Waals surface area contributed by atoms with Gasteiger partial charge >= 0.3 is 0 Å². The summed E-state index contributed by atoms with van der Waals surface area (Å²) in [6.45, 7) is -0.659. The van der Waals surface area contributed by atoms with E-state index in [9.17, 15) is 0 Å². The first kappa shape index (κ1) is 6.39. The molecule has 0 atom stereocenters. The zero-order chi connectivity index (χ0) is 17.4. The molecule has 0 N–H and O–H groups in total. The SMILES string of the molecule is [2H]C([2H])([2H])c1cccc(C([2H])([2H])[2H])c1-c1cccc(C(C)C)c1. The van der Waals surface area contributed by atoms with Gasteiger partial charge < -0.3 is 0 Å². The standard InChI is InChI=1S/C17H20/c1-12(2)15-9-6-10-16(11-15)17-13(3)7-5-8-14(17)4/h5-12H,1-4H3/i3D3,4D3. The Kier molecular flexibility index (Phi) is 1.79. The van der Waals surface area contributed by atoms with Crippen molar-refractivity contribution in [3.8, 4) is 11.1 Å². The van der Waals surface area contributed by atoms with Gasteiger partial charge in [0.15, 0.2) is 0 Å². The largest absolute Gasteiger partial charge is 0.0617 e. The van der Waals surface area contributed by atoms with Crippen LogP contribution in [0.4, 0.5) is 0 Å². The maximum absolute atomic E-state index is 7.75. The van der Waals surface area contributed by atoms with Crippen molar-refractivity contribution >= 4 is 0 Å². The van der Waals surface area contributed by atoms with Crippen LogP contribution in [0, 0.1) is 13.7 Å². The molecule has 0 radical (unpaired) electrons. The highest BCUT2D eigenvalue weighted by molar-refractivity contribution is 5.71. The highest BCUT2D eigenvalue weighted by Gasteiger charge is 2.06. The van der Waals surface area contributed by atoms with E-state index in [-0.39, 0.29) is 17.0 Å². The fourth-order valence-corrected chi connectivity index (χ4v) is 1.92. The summed E-state index contributed by atoms with van der Waals surface area (Å²) in [7, 11) is 0. The Labute approximate surface area is 113 Å². The second-order valence-electron chi connectivity index (χ2n) is 4.51. The summed E-state index contributed by atoms with van der Waals surface area (Å²) < 4.78 is 46.5. The van der Waals surface area contributed by atoms with Crippen LogP contribution in [0.2, 0.25) is 0 Å². The fraction of sp³-hybridized carbons (Fsp3) is 0.294. The Balaban J connectivity index is 2.80. The van der Waals surface area contributed by atoms with Gasteiger partial charge in [0, 0.05) is 8.22 Å². The van der Waals surface area contributed by atoms with E-state index >= 15 is 0 Å². The van der Waals surface area contributed by atoms with E-state index in [1.165, 1.54) is 18.2 Å². The van der Waals surface area contributed by atoms with Gasteiger partial charge in [0.2, 0.25) is 0 Å². The van der Waals surface area contributed by atoms with Crippen molar-refractivity contribution in [1.29, 1.82) is 0 Å². The molecule has 0 aliphatic heterocycles. The molecule has 0 fully saturated rings. The molecule has 88 valence electrons. The quantitative estimate of drug-likeness (QED) is 0.674. The average Bonchev–Trinajstić information content (AvgIpc) is 2.44. The molecule has 0 saturated carbocycles. The lowest BCUT2D eigenvalue weighted by Crippen LogP contribution is -1.91. The zero-order valence-corrected chi connectivity index (χ0v) is 10.1. The Morgan fingerprint density at radius 1 is 0.941 bits per heavy atom. The van der Waals surface area contributed by atoms with Crippen LogP contribution in [-0.2, 0) is 0 Å². The van der Waals surface area contributed by atoms with E-state index in [1.54, 1.807) is 6.07 Å². The minimum absolute atomic E-state index is 0.0760. The van der Waals surface area contributed by atoms with Gasteiger partial charge in [0.25, 0.3) is 0 Å². The lowest BCUT2D eigenvalue weighted by Gasteiger charge is -2.12. The molecule has 0 heterocycles. The molecular weight excluding hydrogens is 204 g/mol. The summed E-state index contributed by atoms with van der Waals surface area (Å²) in [5.74, 6) is 0.270. The van der Waals surface area contributed by atoms with Gasteiger partial charge in [0.1, 0.15) is 0 Å². The molecule has 0 unspecified atom stereocenters. The van der Waals surface area contributed by atoms with E-state index in [1.807, 2.05) is 32.0 Å². The molecule has 0 aliphatic carbocycles. The molecule has 2 aromatic rings. The van der Waals surface area contributed by atoms with E-state index in [0.717, 1.165) is 5.56 Å². The summed E-state index contributed by atoms with van der Waals surface area (Å²) in [5.41, 5.74) is 2.13. The van der Waals surface area contributed by atoms with E-state index in [4.69, 9.17) is 8.22 Å². The smallest absolute Gasteiger partial charge is 0.0280 e. The summed E-state index contributed by atoms with van der Waals surface area (Å²) >= 11 is 0. The van der Waals surface area contributed by atoms with Gasteiger partial charge in [-0.25, -0.2) is 0 Å². The topological polar surface area (TPSA) is 0 Å². The second-order valence-corrected chi connectivity index (χ2v) is 4.51. The van der Waals surface area contributed by atoms with Crippen molar-refractivity contribution in [1.82, 2.24) is 0 Å². The maximum atomic E-state index is 7.75. The van der Waals surface area contributed by atoms with Crippen LogP contribution in [0.25, 0.3) is 11.1 Å². The molecule has 0 aromatic heterocycles. The van der Waals surface area contributed by atoms with Crippen LogP contribution >= 0.6 is 0 Å². The average molecular weight is 230 g/mol. The molecule has 2 rings (SSSR count). The molecule has 17 heavy (non-hydrogen) atoms.